The van der Waals surface area contributed by atoms with E-state index in [1.54, 1.807) is 36.5 Å². The molecule has 9 heteroatoms. The van der Waals surface area contributed by atoms with Crippen molar-refractivity contribution in [2.75, 3.05) is 7.11 Å². The summed E-state index contributed by atoms with van der Waals surface area (Å²) in [6, 6.07) is 9.73. The van der Waals surface area contributed by atoms with E-state index >= 15 is 0 Å². The molecular weight excluding hydrogens is 379 g/mol. The Labute approximate surface area is 158 Å². The average Bonchev–Trinajstić information content (AvgIpc) is 3.05. The van der Waals surface area contributed by atoms with Gasteiger partial charge in [0.05, 0.1) is 18.3 Å². The van der Waals surface area contributed by atoms with Gasteiger partial charge in [-0.25, -0.2) is 4.39 Å². The molecule has 1 N–H and O–H groups in total. The number of aromatic nitrogens is 3. The van der Waals surface area contributed by atoms with Gasteiger partial charge in [0.25, 0.3) is 0 Å². The Morgan fingerprint density at radius 2 is 2.19 bits per heavy atom. The summed E-state index contributed by atoms with van der Waals surface area (Å²) < 4.78 is 26.6. The van der Waals surface area contributed by atoms with Crippen LogP contribution in [0.5, 0.6) is 11.5 Å². The Morgan fingerprint density at radius 3 is 2.88 bits per heavy atom. The van der Waals surface area contributed by atoms with Crippen molar-refractivity contribution in [3.63, 3.8) is 0 Å². The summed E-state index contributed by atoms with van der Waals surface area (Å²) >= 11 is 11.0. The summed E-state index contributed by atoms with van der Waals surface area (Å²) in [5.41, 5.74) is 1.05. The average molecular weight is 393 g/mol. The second-order valence-corrected chi connectivity index (χ2v) is 5.94. The van der Waals surface area contributed by atoms with Gasteiger partial charge in [0.15, 0.2) is 11.5 Å². The number of benzene rings is 2. The van der Waals surface area contributed by atoms with Crippen LogP contribution in [0, 0.1) is 10.6 Å². The zero-order valence-electron chi connectivity index (χ0n) is 13.6. The second kappa shape index (κ2) is 8.11. The first-order valence-electron chi connectivity index (χ1n) is 7.48. The number of aromatic amines is 1. The van der Waals surface area contributed by atoms with E-state index in [-0.39, 0.29) is 12.2 Å². The molecule has 0 aliphatic heterocycles. The van der Waals surface area contributed by atoms with Crippen molar-refractivity contribution >= 4 is 30.0 Å². The molecule has 0 fully saturated rings. The molecule has 3 rings (SSSR count). The van der Waals surface area contributed by atoms with Gasteiger partial charge in [0, 0.05) is 5.56 Å². The lowest BCUT2D eigenvalue weighted by atomic mass is 10.2. The van der Waals surface area contributed by atoms with Crippen LogP contribution < -0.4 is 9.47 Å². The van der Waals surface area contributed by atoms with Crippen molar-refractivity contribution < 1.29 is 13.9 Å². The van der Waals surface area contributed by atoms with E-state index < -0.39 is 5.82 Å². The first kappa shape index (κ1) is 18.1. The zero-order valence-corrected chi connectivity index (χ0v) is 15.2. The van der Waals surface area contributed by atoms with Crippen LogP contribution in [0.4, 0.5) is 4.39 Å². The third kappa shape index (κ3) is 4.09. The molecule has 6 nitrogen and oxygen atoms in total. The maximum absolute atomic E-state index is 13.8. The largest absolute Gasteiger partial charge is 0.493 e. The van der Waals surface area contributed by atoms with E-state index in [4.69, 9.17) is 33.3 Å². The Kier molecular flexibility index (Phi) is 5.65. The van der Waals surface area contributed by atoms with E-state index in [1.165, 1.54) is 24.2 Å². The first-order chi connectivity index (χ1) is 12.6. The molecule has 1 heterocycles. The smallest absolute Gasteiger partial charge is 0.216 e. The summed E-state index contributed by atoms with van der Waals surface area (Å²) in [6.45, 7) is -0.0144. The molecule has 26 heavy (non-hydrogen) atoms. The zero-order chi connectivity index (χ0) is 18.5. The number of ether oxygens (including phenoxy) is 2. The molecule has 2 aromatic carbocycles. The summed E-state index contributed by atoms with van der Waals surface area (Å²) in [5, 5.41) is 10.9. The monoisotopic (exact) mass is 392 g/mol. The van der Waals surface area contributed by atoms with E-state index in [2.05, 4.69) is 15.3 Å². The molecule has 3 aromatic rings. The predicted molar refractivity (Wildman–Crippen MR) is 99.1 cm³/mol. The van der Waals surface area contributed by atoms with Gasteiger partial charge in [-0.15, -0.1) is 0 Å². The number of rotatable bonds is 6. The highest BCUT2D eigenvalue weighted by molar-refractivity contribution is 7.71. The number of halogens is 2. The van der Waals surface area contributed by atoms with Gasteiger partial charge in [-0.3, -0.25) is 5.10 Å². The van der Waals surface area contributed by atoms with Gasteiger partial charge >= 0.3 is 0 Å². The topological polar surface area (TPSA) is 64.4 Å². The lowest BCUT2D eigenvalue weighted by Crippen LogP contribution is -2.01. The number of methoxy groups -OCH3 is 1. The van der Waals surface area contributed by atoms with E-state index in [9.17, 15) is 4.39 Å². The molecule has 0 bridgehead atoms. The van der Waals surface area contributed by atoms with E-state index in [0.29, 0.717) is 21.3 Å². The molecule has 0 saturated carbocycles. The quantitative estimate of drug-likeness (QED) is 0.504. The fourth-order valence-electron chi connectivity index (χ4n) is 2.16. The summed E-state index contributed by atoms with van der Waals surface area (Å²) in [7, 11) is 1.52. The number of hydrogen-bond acceptors (Lipinski definition) is 5. The van der Waals surface area contributed by atoms with Crippen molar-refractivity contribution in [2.45, 2.75) is 6.61 Å². The van der Waals surface area contributed by atoms with Gasteiger partial charge in [-0.1, -0.05) is 17.7 Å². The van der Waals surface area contributed by atoms with E-state index in [1.807, 2.05) is 0 Å². The van der Waals surface area contributed by atoms with Crippen LogP contribution in [-0.2, 0) is 6.61 Å². The van der Waals surface area contributed by atoms with Crippen LogP contribution in [0.25, 0.3) is 0 Å². The standard InChI is InChI=1S/C17H14ClFN4O2S/c1-24-16-7-11(8-21-23-10-20-22-17(23)26)5-6-15(16)25-9-12-13(18)3-2-4-14(12)19/h2-8,10H,9H2,1H3,(H,22,26). The molecule has 1 aromatic heterocycles. The van der Waals surface area contributed by atoms with Gasteiger partial charge < -0.3 is 9.47 Å². The second-order valence-electron chi connectivity index (χ2n) is 5.15. The SMILES string of the molecule is COc1cc(C=Nn2cn[nH]c2=S)ccc1OCc1c(F)cccc1Cl. The molecule has 0 aliphatic carbocycles. The molecular formula is C17H14ClFN4O2S. The maximum atomic E-state index is 13.8. The van der Waals surface area contributed by atoms with Crippen LogP contribution in [-0.4, -0.2) is 28.2 Å². The van der Waals surface area contributed by atoms with Gasteiger partial charge in [-0.2, -0.15) is 14.9 Å². The molecule has 0 amide bonds. The lowest BCUT2D eigenvalue weighted by molar-refractivity contribution is 0.280. The van der Waals surface area contributed by atoms with Gasteiger partial charge in [-0.05, 0) is 48.1 Å². The van der Waals surface area contributed by atoms with Crippen molar-refractivity contribution in [1.29, 1.82) is 0 Å². The fraction of sp³-hybridized carbons (Fsp3) is 0.118. The van der Waals surface area contributed by atoms with Crippen LogP contribution in [0.2, 0.25) is 5.02 Å². The highest BCUT2D eigenvalue weighted by atomic mass is 35.5. The molecule has 0 atom stereocenters. The highest BCUT2D eigenvalue weighted by Gasteiger charge is 2.10. The summed E-state index contributed by atoms with van der Waals surface area (Å²) in [6.07, 6.45) is 3.07. The van der Waals surface area contributed by atoms with Crippen molar-refractivity contribution in [3.8, 4) is 11.5 Å². The third-order valence-electron chi connectivity index (χ3n) is 3.49. The predicted octanol–water partition coefficient (Wildman–Crippen LogP) is 4.20. The van der Waals surface area contributed by atoms with E-state index in [0.717, 1.165) is 5.56 Å². The Bertz CT molecular complexity index is 982. The van der Waals surface area contributed by atoms with Gasteiger partial charge in [0.2, 0.25) is 4.77 Å². The maximum Gasteiger partial charge on any atom is 0.216 e. The third-order valence-corrected chi connectivity index (χ3v) is 4.12. The Balaban J connectivity index is 1.78. The lowest BCUT2D eigenvalue weighted by Gasteiger charge is -2.12. The minimum Gasteiger partial charge on any atom is -0.493 e. The number of nitrogens with one attached hydrogen (secondary N) is 1. The number of H-pyrrole nitrogens is 1. The minimum absolute atomic E-state index is 0.0144. The van der Waals surface area contributed by atoms with Crippen LogP contribution >= 0.6 is 23.8 Å². The molecule has 0 radical (unpaired) electrons. The molecule has 0 aliphatic rings. The fourth-order valence-corrected chi connectivity index (χ4v) is 2.52. The summed E-state index contributed by atoms with van der Waals surface area (Å²) in [4.78, 5) is 0. The first-order valence-corrected chi connectivity index (χ1v) is 8.27. The van der Waals surface area contributed by atoms with Crippen molar-refractivity contribution in [1.82, 2.24) is 14.9 Å². The van der Waals surface area contributed by atoms with Crippen LogP contribution in [0.15, 0.2) is 47.8 Å². The van der Waals surface area contributed by atoms with Crippen molar-refractivity contribution in [2.24, 2.45) is 5.10 Å². The number of hydrogen-bond donors (Lipinski definition) is 1. The molecule has 134 valence electrons. The molecule has 0 spiro atoms. The number of nitrogens with zero attached hydrogens (tertiary/aromatic N) is 3. The highest BCUT2D eigenvalue weighted by Crippen LogP contribution is 2.29. The van der Waals surface area contributed by atoms with Crippen molar-refractivity contribution in [3.05, 3.63) is 69.5 Å². The summed E-state index contributed by atoms with van der Waals surface area (Å²) in [5.74, 6) is 0.526. The Morgan fingerprint density at radius 1 is 1.35 bits per heavy atom. The van der Waals surface area contributed by atoms with Crippen LogP contribution in [0.3, 0.4) is 0 Å². The molecule has 0 unspecified atom stereocenters. The Hall–Kier alpha value is -2.71. The normalized spacial score (nSPS) is 11.0. The van der Waals surface area contributed by atoms with Gasteiger partial charge in [0.1, 0.15) is 18.8 Å². The van der Waals surface area contributed by atoms with Crippen LogP contribution in [0.1, 0.15) is 11.1 Å². The minimum atomic E-state index is -0.419. The molecule has 0 saturated heterocycles.